The molecule has 0 spiro atoms. The SMILES string of the molecule is CC.CCN1C[C@H](NN)CC[C@H]1C. The molecule has 0 aromatic rings. The Labute approximate surface area is 82.6 Å². The second-order valence-electron chi connectivity index (χ2n) is 3.38. The molecule has 3 nitrogen and oxygen atoms in total. The van der Waals surface area contributed by atoms with E-state index in [1.165, 1.54) is 12.8 Å². The molecule has 1 aliphatic heterocycles. The number of hydrazine groups is 1. The average molecular weight is 187 g/mol. The summed E-state index contributed by atoms with van der Waals surface area (Å²) in [7, 11) is 0. The van der Waals surface area contributed by atoms with Crippen LogP contribution in [0.15, 0.2) is 0 Å². The number of piperidine rings is 1. The average Bonchev–Trinajstić information content (AvgIpc) is 2.22. The zero-order chi connectivity index (χ0) is 10.3. The Morgan fingerprint density at radius 3 is 2.46 bits per heavy atom. The summed E-state index contributed by atoms with van der Waals surface area (Å²) < 4.78 is 0. The highest BCUT2D eigenvalue weighted by Gasteiger charge is 2.22. The largest absolute Gasteiger partial charge is 0.299 e. The van der Waals surface area contributed by atoms with Crippen molar-refractivity contribution < 1.29 is 0 Å². The van der Waals surface area contributed by atoms with E-state index in [1.807, 2.05) is 13.8 Å². The van der Waals surface area contributed by atoms with Crippen LogP contribution < -0.4 is 11.3 Å². The molecule has 0 aromatic heterocycles. The van der Waals surface area contributed by atoms with E-state index in [9.17, 15) is 0 Å². The van der Waals surface area contributed by atoms with Crippen LogP contribution in [0.5, 0.6) is 0 Å². The molecule has 3 N–H and O–H groups in total. The van der Waals surface area contributed by atoms with Gasteiger partial charge in [-0.2, -0.15) is 0 Å². The van der Waals surface area contributed by atoms with E-state index in [-0.39, 0.29) is 0 Å². The lowest BCUT2D eigenvalue weighted by Crippen LogP contribution is -2.51. The molecule has 1 rings (SSSR count). The molecule has 0 aliphatic carbocycles. The summed E-state index contributed by atoms with van der Waals surface area (Å²) in [5.74, 6) is 5.39. The second kappa shape index (κ2) is 7.30. The maximum Gasteiger partial charge on any atom is 0.0338 e. The summed E-state index contributed by atoms with van der Waals surface area (Å²) >= 11 is 0. The third-order valence-corrected chi connectivity index (χ3v) is 2.65. The van der Waals surface area contributed by atoms with Crippen LogP contribution in [0, 0.1) is 0 Å². The van der Waals surface area contributed by atoms with Crippen LogP contribution in [-0.4, -0.2) is 30.1 Å². The highest BCUT2D eigenvalue weighted by Crippen LogP contribution is 2.15. The Hall–Kier alpha value is -0.120. The van der Waals surface area contributed by atoms with Crippen molar-refractivity contribution in [1.29, 1.82) is 0 Å². The van der Waals surface area contributed by atoms with Gasteiger partial charge in [-0.1, -0.05) is 20.8 Å². The molecule has 0 bridgehead atoms. The number of nitrogens with one attached hydrogen (secondary N) is 1. The molecule has 0 unspecified atom stereocenters. The van der Waals surface area contributed by atoms with Crippen molar-refractivity contribution in [2.75, 3.05) is 13.1 Å². The number of nitrogens with zero attached hydrogens (tertiary/aromatic N) is 1. The number of hydrogen-bond acceptors (Lipinski definition) is 3. The minimum absolute atomic E-state index is 0.506. The first-order valence-electron chi connectivity index (χ1n) is 5.48. The Morgan fingerprint density at radius 1 is 1.38 bits per heavy atom. The number of likely N-dealkylation sites (N-methyl/N-ethyl adjacent to an activating group) is 1. The lowest BCUT2D eigenvalue weighted by molar-refractivity contribution is 0.140. The molecular weight excluding hydrogens is 162 g/mol. The quantitative estimate of drug-likeness (QED) is 0.506. The van der Waals surface area contributed by atoms with Gasteiger partial charge in [0.1, 0.15) is 0 Å². The fourth-order valence-corrected chi connectivity index (χ4v) is 1.76. The first kappa shape index (κ1) is 12.9. The lowest BCUT2D eigenvalue weighted by atomic mass is 10.0. The van der Waals surface area contributed by atoms with E-state index in [2.05, 4.69) is 24.2 Å². The molecule has 0 radical (unpaired) electrons. The van der Waals surface area contributed by atoms with Crippen LogP contribution in [0.3, 0.4) is 0 Å². The fourth-order valence-electron chi connectivity index (χ4n) is 1.76. The van der Waals surface area contributed by atoms with Gasteiger partial charge in [0.05, 0.1) is 0 Å². The molecule has 3 heteroatoms. The van der Waals surface area contributed by atoms with Crippen molar-refractivity contribution in [3.05, 3.63) is 0 Å². The van der Waals surface area contributed by atoms with Crippen molar-refractivity contribution in [1.82, 2.24) is 10.3 Å². The van der Waals surface area contributed by atoms with Gasteiger partial charge in [0.25, 0.3) is 0 Å². The van der Waals surface area contributed by atoms with Gasteiger partial charge in [0.15, 0.2) is 0 Å². The van der Waals surface area contributed by atoms with E-state index in [0.29, 0.717) is 6.04 Å². The van der Waals surface area contributed by atoms with Crippen LogP contribution >= 0.6 is 0 Å². The summed E-state index contributed by atoms with van der Waals surface area (Å²) in [5.41, 5.74) is 2.85. The first-order valence-corrected chi connectivity index (χ1v) is 5.48. The minimum Gasteiger partial charge on any atom is -0.299 e. The molecule has 1 aliphatic rings. The summed E-state index contributed by atoms with van der Waals surface area (Å²) in [4.78, 5) is 2.47. The van der Waals surface area contributed by atoms with Gasteiger partial charge >= 0.3 is 0 Å². The smallest absolute Gasteiger partial charge is 0.0338 e. The summed E-state index contributed by atoms with van der Waals surface area (Å²) in [6, 6.07) is 1.25. The van der Waals surface area contributed by atoms with Crippen molar-refractivity contribution in [3.8, 4) is 0 Å². The van der Waals surface area contributed by atoms with E-state index < -0.39 is 0 Å². The van der Waals surface area contributed by atoms with Crippen molar-refractivity contribution in [2.45, 2.75) is 52.6 Å². The highest BCUT2D eigenvalue weighted by molar-refractivity contribution is 4.80. The van der Waals surface area contributed by atoms with Gasteiger partial charge in [-0.15, -0.1) is 0 Å². The zero-order valence-electron chi connectivity index (χ0n) is 9.51. The number of nitrogens with two attached hydrogens (primary N) is 1. The van der Waals surface area contributed by atoms with Crippen LogP contribution in [0.4, 0.5) is 0 Å². The topological polar surface area (TPSA) is 41.3 Å². The van der Waals surface area contributed by atoms with Gasteiger partial charge in [0.2, 0.25) is 0 Å². The summed E-state index contributed by atoms with van der Waals surface area (Å²) in [6.07, 6.45) is 2.48. The predicted molar refractivity (Wildman–Crippen MR) is 58.4 cm³/mol. The van der Waals surface area contributed by atoms with E-state index in [4.69, 9.17) is 5.84 Å². The molecule has 13 heavy (non-hydrogen) atoms. The lowest BCUT2D eigenvalue weighted by Gasteiger charge is -2.36. The van der Waals surface area contributed by atoms with Gasteiger partial charge in [-0.05, 0) is 26.3 Å². The fraction of sp³-hybridized carbons (Fsp3) is 1.00. The Bertz CT molecular complexity index is 117. The molecule has 1 heterocycles. The molecule has 80 valence electrons. The third kappa shape index (κ3) is 4.07. The first-order chi connectivity index (χ1) is 6.27. The van der Waals surface area contributed by atoms with Gasteiger partial charge in [0, 0.05) is 18.6 Å². The van der Waals surface area contributed by atoms with Crippen LogP contribution in [0.1, 0.15) is 40.5 Å². The molecule has 1 fully saturated rings. The van der Waals surface area contributed by atoms with Crippen molar-refractivity contribution >= 4 is 0 Å². The van der Waals surface area contributed by atoms with E-state index in [1.54, 1.807) is 0 Å². The normalized spacial score (nSPS) is 29.3. The van der Waals surface area contributed by atoms with Crippen LogP contribution in [0.25, 0.3) is 0 Å². The molecule has 0 amide bonds. The van der Waals surface area contributed by atoms with Gasteiger partial charge < -0.3 is 0 Å². The van der Waals surface area contributed by atoms with E-state index in [0.717, 1.165) is 19.1 Å². The van der Waals surface area contributed by atoms with Crippen LogP contribution in [0.2, 0.25) is 0 Å². The number of hydrogen-bond donors (Lipinski definition) is 2. The summed E-state index contributed by atoms with van der Waals surface area (Å²) in [5, 5.41) is 0. The van der Waals surface area contributed by atoms with Crippen molar-refractivity contribution in [3.63, 3.8) is 0 Å². The molecular formula is C10H25N3. The Balaban J connectivity index is 0.000000671. The van der Waals surface area contributed by atoms with E-state index >= 15 is 0 Å². The summed E-state index contributed by atoms with van der Waals surface area (Å²) in [6.45, 7) is 10.7. The Kier molecular flexibility index (Phi) is 7.23. The second-order valence-corrected chi connectivity index (χ2v) is 3.38. The van der Waals surface area contributed by atoms with Crippen LogP contribution in [-0.2, 0) is 0 Å². The van der Waals surface area contributed by atoms with Gasteiger partial charge in [-0.3, -0.25) is 16.2 Å². The molecule has 0 saturated carbocycles. The molecule has 0 aromatic carbocycles. The monoisotopic (exact) mass is 187 g/mol. The number of likely N-dealkylation sites (tertiary alicyclic amines) is 1. The van der Waals surface area contributed by atoms with Crippen molar-refractivity contribution in [2.24, 2.45) is 5.84 Å². The standard InChI is InChI=1S/C8H19N3.C2H6/c1-3-11-6-8(10-9)5-4-7(11)2;1-2/h7-8,10H,3-6,9H2,1-2H3;1-2H3/t7-,8-;/m1./s1. The third-order valence-electron chi connectivity index (χ3n) is 2.65. The Morgan fingerprint density at radius 2 is 2.00 bits per heavy atom. The highest BCUT2D eigenvalue weighted by atomic mass is 15.3. The maximum atomic E-state index is 5.39. The minimum atomic E-state index is 0.506. The molecule has 1 saturated heterocycles. The molecule has 2 atom stereocenters. The maximum absolute atomic E-state index is 5.39. The van der Waals surface area contributed by atoms with Gasteiger partial charge in [-0.25, -0.2) is 0 Å². The number of rotatable bonds is 2. The predicted octanol–water partition coefficient (Wildman–Crippen LogP) is 1.35. The zero-order valence-corrected chi connectivity index (χ0v) is 9.51.